The molecular formula is C11H10BrNO2. The van der Waals surface area contributed by atoms with Gasteiger partial charge in [0.2, 0.25) is 6.08 Å². The molecule has 1 aliphatic carbocycles. The Morgan fingerprint density at radius 3 is 2.73 bits per heavy atom. The fourth-order valence-corrected chi connectivity index (χ4v) is 2.43. The molecule has 0 amide bonds. The Labute approximate surface area is 96.0 Å². The number of aliphatic imine (C=N–C) groups is 1. The second kappa shape index (κ2) is 3.47. The lowest BCUT2D eigenvalue weighted by Crippen LogP contribution is -2.04. The van der Waals surface area contributed by atoms with Gasteiger partial charge in [-0.1, -0.05) is 22.0 Å². The van der Waals surface area contributed by atoms with Crippen molar-refractivity contribution in [1.82, 2.24) is 0 Å². The van der Waals surface area contributed by atoms with Crippen molar-refractivity contribution in [2.75, 3.05) is 0 Å². The van der Waals surface area contributed by atoms with Crippen LogP contribution in [0, 0.1) is 6.92 Å². The van der Waals surface area contributed by atoms with Gasteiger partial charge in [-0.2, -0.15) is 4.99 Å². The number of hydrogen-bond acceptors (Lipinski definition) is 3. The van der Waals surface area contributed by atoms with Gasteiger partial charge in [0.25, 0.3) is 0 Å². The second-order valence-electron chi connectivity index (χ2n) is 3.82. The van der Waals surface area contributed by atoms with Crippen LogP contribution in [0.25, 0.3) is 0 Å². The lowest BCUT2D eigenvalue weighted by molar-refractivity contribution is 0.454. The normalized spacial score (nSPS) is 16.9. The zero-order valence-corrected chi connectivity index (χ0v) is 9.84. The first-order chi connectivity index (χ1) is 7.10. The highest BCUT2D eigenvalue weighted by Gasteiger charge is 2.48. The minimum Gasteiger partial charge on any atom is -0.507 e. The van der Waals surface area contributed by atoms with Gasteiger partial charge in [-0.25, -0.2) is 4.79 Å². The largest absolute Gasteiger partial charge is 0.507 e. The summed E-state index contributed by atoms with van der Waals surface area (Å²) >= 11 is 3.38. The van der Waals surface area contributed by atoms with Crippen LogP contribution in [-0.2, 0) is 10.3 Å². The summed E-state index contributed by atoms with van der Waals surface area (Å²) < 4.78 is 0.794. The fourth-order valence-electron chi connectivity index (χ4n) is 1.74. The quantitative estimate of drug-likeness (QED) is 0.662. The maximum atomic E-state index is 10.4. The summed E-state index contributed by atoms with van der Waals surface area (Å²) in [5.74, 6) is 0.223. The molecule has 0 bridgehead atoms. The van der Waals surface area contributed by atoms with Gasteiger partial charge in [0.1, 0.15) is 11.3 Å². The van der Waals surface area contributed by atoms with Crippen LogP contribution in [0.4, 0.5) is 0 Å². The predicted molar refractivity (Wildman–Crippen MR) is 59.6 cm³/mol. The monoisotopic (exact) mass is 267 g/mol. The van der Waals surface area contributed by atoms with E-state index in [1.54, 1.807) is 6.08 Å². The first-order valence-corrected chi connectivity index (χ1v) is 5.47. The van der Waals surface area contributed by atoms with E-state index in [0.29, 0.717) is 5.56 Å². The number of carbonyl (C=O) groups excluding carboxylic acids is 1. The fraction of sp³-hybridized carbons (Fsp3) is 0.364. The summed E-state index contributed by atoms with van der Waals surface area (Å²) in [7, 11) is 0. The van der Waals surface area contributed by atoms with E-state index in [2.05, 4.69) is 20.9 Å². The van der Waals surface area contributed by atoms with E-state index in [0.717, 1.165) is 22.9 Å². The lowest BCUT2D eigenvalue weighted by atomic mass is 10.0. The van der Waals surface area contributed by atoms with Crippen molar-refractivity contribution in [1.29, 1.82) is 0 Å². The average molecular weight is 268 g/mol. The van der Waals surface area contributed by atoms with Gasteiger partial charge in [-0.15, -0.1) is 0 Å². The maximum Gasteiger partial charge on any atom is 0.235 e. The minimum absolute atomic E-state index is 0.223. The average Bonchev–Trinajstić information content (AvgIpc) is 2.94. The number of phenols is 1. The molecule has 3 nitrogen and oxygen atoms in total. The minimum atomic E-state index is -0.531. The molecular weight excluding hydrogens is 258 g/mol. The third-order valence-electron chi connectivity index (χ3n) is 2.78. The van der Waals surface area contributed by atoms with Crippen molar-refractivity contribution in [3.8, 4) is 5.75 Å². The molecule has 15 heavy (non-hydrogen) atoms. The molecule has 0 aliphatic heterocycles. The van der Waals surface area contributed by atoms with Crippen LogP contribution in [0.15, 0.2) is 21.6 Å². The molecule has 0 saturated heterocycles. The predicted octanol–water partition coefficient (Wildman–Crippen LogP) is 2.79. The molecule has 1 saturated carbocycles. The zero-order valence-electron chi connectivity index (χ0n) is 8.25. The number of aryl methyl sites for hydroxylation is 1. The molecule has 0 aromatic heterocycles. The number of rotatable bonds is 2. The van der Waals surface area contributed by atoms with E-state index in [1.807, 2.05) is 19.1 Å². The highest BCUT2D eigenvalue weighted by Crippen LogP contribution is 2.54. The number of nitrogens with zero attached hydrogens (tertiary/aromatic N) is 1. The summed E-state index contributed by atoms with van der Waals surface area (Å²) in [4.78, 5) is 14.2. The molecule has 1 N–H and O–H groups in total. The first-order valence-electron chi connectivity index (χ1n) is 4.68. The van der Waals surface area contributed by atoms with Gasteiger partial charge in [-0.3, -0.25) is 0 Å². The maximum absolute atomic E-state index is 10.4. The lowest BCUT2D eigenvalue weighted by Gasteiger charge is -2.14. The van der Waals surface area contributed by atoms with Crippen molar-refractivity contribution in [3.63, 3.8) is 0 Å². The molecule has 1 fully saturated rings. The van der Waals surface area contributed by atoms with Crippen molar-refractivity contribution in [3.05, 3.63) is 27.7 Å². The topological polar surface area (TPSA) is 49.7 Å². The van der Waals surface area contributed by atoms with Crippen LogP contribution in [0.1, 0.15) is 24.0 Å². The van der Waals surface area contributed by atoms with Gasteiger partial charge in [-0.05, 0) is 31.4 Å². The van der Waals surface area contributed by atoms with Gasteiger partial charge >= 0.3 is 0 Å². The van der Waals surface area contributed by atoms with Crippen LogP contribution in [0.2, 0.25) is 0 Å². The Bertz CT molecular complexity index is 460. The first kappa shape index (κ1) is 10.4. The number of isocyanates is 1. The van der Waals surface area contributed by atoms with Crippen LogP contribution in [0.5, 0.6) is 5.75 Å². The van der Waals surface area contributed by atoms with E-state index in [1.165, 1.54) is 0 Å². The summed E-state index contributed by atoms with van der Waals surface area (Å²) in [6, 6.07) is 3.69. The summed E-state index contributed by atoms with van der Waals surface area (Å²) in [6.07, 6.45) is 3.16. The van der Waals surface area contributed by atoms with E-state index < -0.39 is 5.54 Å². The van der Waals surface area contributed by atoms with E-state index in [4.69, 9.17) is 0 Å². The smallest absolute Gasteiger partial charge is 0.235 e. The van der Waals surface area contributed by atoms with E-state index in [9.17, 15) is 9.90 Å². The van der Waals surface area contributed by atoms with Gasteiger partial charge < -0.3 is 5.11 Å². The Morgan fingerprint density at radius 2 is 2.20 bits per heavy atom. The highest BCUT2D eigenvalue weighted by atomic mass is 79.9. The van der Waals surface area contributed by atoms with Crippen LogP contribution >= 0.6 is 15.9 Å². The Morgan fingerprint density at radius 1 is 1.53 bits per heavy atom. The Hall–Kier alpha value is -1.12. The molecule has 1 aromatic carbocycles. The molecule has 1 aliphatic rings. The number of phenolic OH excluding ortho intramolecular Hbond substituents is 1. The number of halogens is 1. The van der Waals surface area contributed by atoms with E-state index >= 15 is 0 Å². The number of benzene rings is 1. The SMILES string of the molecule is Cc1ccc(Br)c(C2(N=C=O)CC2)c1O. The van der Waals surface area contributed by atoms with Crippen LogP contribution in [-0.4, -0.2) is 11.2 Å². The summed E-state index contributed by atoms with van der Waals surface area (Å²) in [6.45, 7) is 1.83. The molecule has 0 heterocycles. The molecule has 0 spiro atoms. The molecule has 1 aromatic rings. The highest BCUT2D eigenvalue weighted by molar-refractivity contribution is 9.10. The standard InChI is InChI=1S/C11H10BrNO2/c1-7-2-3-8(12)9(10(7)15)11(4-5-11)13-6-14/h2-3,15H,4-5H2,1H3. The van der Waals surface area contributed by atoms with Gasteiger partial charge in [0.05, 0.1) is 0 Å². The van der Waals surface area contributed by atoms with E-state index in [-0.39, 0.29) is 5.75 Å². The van der Waals surface area contributed by atoms with Crippen LogP contribution in [0.3, 0.4) is 0 Å². The number of aromatic hydroxyl groups is 1. The Balaban J connectivity index is 2.62. The summed E-state index contributed by atoms with van der Waals surface area (Å²) in [5.41, 5.74) is 0.975. The third kappa shape index (κ3) is 1.60. The zero-order chi connectivity index (χ0) is 11.1. The van der Waals surface area contributed by atoms with Gasteiger partial charge in [0, 0.05) is 10.0 Å². The Kier molecular flexibility index (Phi) is 2.41. The molecule has 4 heteroatoms. The molecule has 0 radical (unpaired) electrons. The third-order valence-corrected chi connectivity index (χ3v) is 3.44. The van der Waals surface area contributed by atoms with Crippen LogP contribution < -0.4 is 0 Å². The van der Waals surface area contributed by atoms with Crippen molar-refractivity contribution >= 4 is 22.0 Å². The van der Waals surface area contributed by atoms with Crippen molar-refractivity contribution in [2.24, 2.45) is 4.99 Å². The summed E-state index contributed by atoms with van der Waals surface area (Å²) in [5, 5.41) is 9.96. The second-order valence-corrected chi connectivity index (χ2v) is 4.68. The molecule has 2 rings (SSSR count). The van der Waals surface area contributed by atoms with Crippen molar-refractivity contribution in [2.45, 2.75) is 25.3 Å². The molecule has 78 valence electrons. The van der Waals surface area contributed by atoms with Crippen molar-refractivity contribution < 1.29 is 9.90 Å². The van der Waals surface area contributed by atoms with Gasteiger partial charge in [0.15, 0.2) is 0 Å². The molecule has 0 atom stereocenters. The number of hydrogen-bond donors (Lipinski definition) is 1. The molecule has 0 unspecified atom stereocenters.